The largest absolute Gasteiger partial charge is 0.496 e. The van der Waals surface area contributed by atoms with E-state index in [9.17, 15) is 4.79 Å². The molecule has 0 saturated heterocycles. The van der Waals surface area contributed by atoms with Crippen LogP contribution in [0.2, 0.25) is 10.0 Å². The Balaban J connectivity index is 1.80. The van der Waals surface area contributed by atoms with E-state index in [1.807, 2.05) is 30.3 Å². The van der Waals surface area contributed by atoms with Crippen LogP contribution in [0, 0.1) is 0 Å². The third kappa shape index (κ3) is 6.36. The molecule has 3 aromatic rings. The van der Waals surface area contributed by atoms with Crippen LogP contribution in [0.15, 0.2) is 68.0 Å². The minimum Gasteiger partial charge on any atom is -0.496 e. The highest BCUT2D eigenvalue weighted by molar-refractivity contribution is 9.11. The maximum Gasteiger partial charge on any atom is 0.187 e. The van der Waals surface area contributed by atoms with Crippen molar-refractivity contribution >= 4 is 82.9 Å². The van der Waals surface area contributed by atoms with E-state index in [4.69, 9.17) is 32.7 Å². The lowest BCUT2D eigenvalue weighted by Crippen LogP contribution is -2.00. The zero-order valence-corrected chi connectivity index (χ0v) is 22.4. The average Bonchev–Trinajstić information content (AvgIpc) is 2.71. The molecule has 0 radical (unpaired) electrons. The van der Waals surface area contributed by atoms with Gasteiger partial charge in [0.05, 0.1) is 21.1 Å². The third-order valence-electron chi connectivity index (χ3n) is 4.26. The number of rotatable bonds is 7. The van der Waals surface area contributed by atoms with Crippen molar-refractivity contribution in [3.05, 3.63) is 94.8 Å². The molecule has 160 valence electrons. The second-order valence-corrected chi connectivity index (χ2v) is 9.85. The summed E-state index contributed by atoms with van der Waals surface area (Å²) in [5.41, 5.74) is 2.06. The van der Waals surface area contributed by atoms with Crippen molar-refractivity contribution in [2.24, 2.45) is 0 Å². The smallest absolute Gasteiger partial charge is 0.187 e. The minimum absolute atomic E-state index is 0.210. The third-order valence-corrected chi connectivity index (χ3v) is 6.45. The lowest BCUT2D eigenvalue weighted by molar-refractivity contribution is 0.104. The van der Waals surface area contributed by atoms with Crippen LogP contribution >= 0.6 is 71.0 Å². The van der Waals surface area contributed by atoms with E-state index >= 15 is 0 Å². The molecule has 0 saturated carbocycles. The fourth-order valence-corrected chi connectivity index (χ4v) is 5.77. The number of benzene rings is 3. The van der Waals surface area contributed by atoms with Gasteiger partial charge in [0, 0.05) is 20.6 Å². The molecule has 0 amide bonds. The van der Waals surface area contributed by atoms with Gasteiger partial charge in [0.2, 0.25) is 0 Å². The van der Waals surface area contributed by atoms with Crippen molar-refractivity contribution in [1.82, 2.24) is 0 Å². The van der Waals surface area contributed by atoms with Gasteiger partial charge in [0.25, 0.3) is 0 Å². The predicted octanol–water partition coefficient (Wildman–Crippen LogP) is 8.76. The Morgan fingerprint density at radius 2 is 1.71 bits per heavy atom. The Morgan fingerprint density at radius 3 is 2.35 bits per heavy atom. The van der Waals surface area contributed by atoms with E-state index in [-0.39, 0.29) is 12.4 Å². The van der Waals surface area contributed by atoms with E-state index in [2.05, 4.69) is 47.8 Å². The fourth-order valence-electron chi connectivity index (χ4n) is 2.78. The second kappa shape index (κ2) is 11.0. The van der Waals surface area contributed by atoms with Gasteiger partial charge in [-0.2, -0.15) is 0 Å². The normalized spacial score (nSPS) is 11.0. The number of ether oxygens (including phenoxy) is 2. The topological polar surface area (TPSA) is 35.5 Å². The first kappa shape index (κ1) is 24.3. The Kier molecular flexibility index (Phi) is 8.65. The standard InChI is InChI=1S/C23H15Br3Cl2O3/c1-30-22-7-3-13(2-6-21(29)17-5-4-16(27)11-20(17)28)8-14(22)12-31-23-18(25)9-15(24)10-19(23)26/h2-11H,12H2,1H3/b6-2+. The molecule has 0 N–H and O–H groups in total. The molecule has 0 aliphatic carbocycles. The summed E-state index contributed by atoms with van der Waals surface area (Å²) in [5.74, 6) is 1.16. The number of hydrogen-bond acceptors (Lipinski definition) is 3. The van der Waals surface area contributed by atoms with Crippen LogP contribution in [0.4, 0.5) is 0 Å². The van der Waals surface area contributed by atoms with Gasteiger partial charge in [0.1, 0.15) is 18.1 Å². The molecule has 8 heteroatoms. The van der Waals surface area contributed by atoms with E-state index in [1.54, 1.807) is 31.4 Å². The predicted molar refractivity (Wildman–Crippen MR) is 137 cm³/mol. The number of hydrogen-bond donors (Lipinski definition) is 0. The van der Waals surface area contributed by atoms with Gasteiger partial charge in [-0.15, -0.1) is 0 Å². The van der Waals surface area contributed by atoms with Crippen molar-refractivity contribution in [2.75, 3.05) is 7.11 Å². The Morgan fingerprint density at radius 1 is 1.00 bits per heavy atom. The van der Waals surface area contributed by atoms with E-state index in [0.29, 0.717) is 27.1 Å². The van der Waals surface area contributed by atoms with Crippen LogP contribution in [-0.4, -0.2) is 12.9 Å². The van der Waals surface area contributed by atoms with Crippen LogP contribution in [0.1, 0.15) is 21.5 Å². The van der Waals surface area contributed by atoms with E-state index in [1.165, 1.54) is 6.08 Å². The summed E-state index contributed by atoms with van der Waals surface area (Å²) in [7, 11) is 1.60. The first-order valence-electron chi connectivity index (χ1n) is 8.90. The zero-order chi connectivity index (χ0) is 22.5. The molecule has 0 aromatic heterocycles. The molecule has 3 rings (SSSR count). The maximum absolute atomic E-state index is 12.5. The monoisotopic (exact) mass is 646 g/mol. The first-order valence-corrected chi connectivity index (χ1v) is 12.0. The summed E-state index contributed by atoms with van der Waals surface area (Å²) < 4.78 is 14.0. The summed E-state index contributed by atoms with van der Waals surface area (Å²) in [4.78, 5) is 12.5. The molecule has 0 unspecified atom stereocenters. The van der Waals surface area contributed by atoms with Gasteiger partial charge in [-0.1, -0.05) is 51.3 Å². The number of carbonyl (C=O) groups excluding carboxylic acids is 1. The van der Waals surface area contributed by atoms with Crippen molar-refractivity contribution in [3.8, 4) is 11.5 Å². The molecule has 0 bridgehead atoms. The number of methoxy groups -OCH3 is 1. The highest BCUT2D eigenvalue weighted by atomic mass is 79.9. The highest BCUT2D eigenvalue weighted by Gasteiger charge is 2.12. The van der Waals surface area contributed by atoms with Crippen molar-refractivity contribution < 1.29 is 14.3 Å². The Labute approximate surface area is 215 Å². The average molecular weight is 650 g/mol. The molecular formula is C23H15Br3Cl2O3. The molecule has 0 spiro atoms. The molecule has 0 atom stereocenters. The summed E-state index contributed by atoms with van der Waals surface area (Å²) in [5, 5.41) is 0.797. The fraction of sp³-hybridized carbons (Fsp3) is 0.0870. The first-order chi connectivity index (χ1) is 14.8. The van der Waals surface area contributed by atoms with E-state index < -0.39 is 0 Å². The quantitative estimate of drug-likeness (QED) is 0.190. The van der Waals surface area contributed by atoms with Crippen molar-refractivity contribution in [3.63, 3.8) is 0 Å². The van der Waals surface area contributed by atoms with Crippen molar-refractivity contribution in [2.45, 2.75) is 6.61 Å². The molecule has 3 aromatic carbocycles. The Bertz CT molecular complexity index is 1140. The van der Waals surface area contributed by atoms with Gasteiger partial charge in [-0.3, -0.25) is 4.79 Å². The zero-order valence-electron chi connectivity index (χ0n) is 16.1. The van der Waals surface area contributed by atoms with Gasteiger partial charge < -0.3 is 9.47 Å². The summed E-state index contributed by atoms with van der Waals surface area (Å²) in [6, 6.07) is 14.2. The SMILES string of the molecule is COc1ccc(/C=C/C(=O)c2ccc(Cl)cc2Cl)cc1COc1c(Br)cc(Br)cc1Br. The summed E-state index contributed by atoms with van der Waals surface area (Å²) in [6.07, 6.45) is 3.20. The molecule has 0 heterocycles. The summed E-state index contributed by atoms with van der Waals surface area (Å²) in [6.45, 7) is 0.278. The van der Waals surface area contributed by atoms with E-state index in [0.717, 1.165) is 24.5 Å². The van der Waals surface area contributed by atoms with Crippen molar-refractivity contribution in [1.29, 1.82) is 0 Å². The van der Waals surface area contributed by atoms with Crippen LogP contribution < -0.4 is 9.47 Å². The minimum atomic E-state index is -0.210. The van der Waals surface area contributed by atoms with Gasteiger partial charge in [0.15, 0.2) is 5.78 Å². The van der Waals surface area contributed by atoms with Crippen LogP contribution in [-0.2, 0) is 6.61 Å². The molecule has 0 aliphatic rings. The lowest BCUT2D eigenvalue weighted by Gasteiger charge is -2.14. The molecule has 31 heavy (non-hydrogen) atoms. The number of allylic oxidation sites excluding steroid dienone is 1. The van der Waals surface area contributed by atoms with Crippen LogP contribution in [0.3, 0.4) is 0 Å². The Hall–Kier alpha value is -1.31. The molecule has 0 fully saturated rings. The molecule has 0 aliphatic heterocycles. The number of ketones is 1. The molecule has 3 nitrogen and oxygen atoms in total. The van der Waals surface area contributed by atoms with Crippen LogP contribution in [0.5, 0.6) is 11.5 Å². The van der Waals surface area contributed by atoms with Gasteiger partial charge in [-0.05, 0) is 86.0 Å². The van der Waals surface area contributed by atoms with Gasteiger partial charge in [-0.25, -0.2) is 0 Å². The number of halogens is 5. The number of carbonyl (C=O) groups is 1. The lowest BCUT2D eigenvalue weighted by atomic mass is 10.1. The molecular weight excluding hydrogens is 635 g/mol. The highest BCUT2D eigenvalue weighted by Crippen LogP contribution is 2.37. The van der Waals surface area contributed by atoms with Gasteiger partial charge >= 0.3 is 0 Å². The van der Waals surface area contributed by atoms with Crippen LogP contribution in [0.25, 0.3) is 6.08 Å². The maximum atomic E-state index is 12.5. The summed E-state index contributed by atoms with van der Waals surface area (Å²) >= 11 is 22.5. The second-order valence-electron chi connectivity index (χ2n) is 6.38.